The Morgan fingerprint density at radius 2 is 1.90 bits per heavy atom. The second kappa shape index (κ2) is 8.79. The SMILES string of the molecule is COc1cc(N2CCOCC2)ccc1Nc1cc(Nc2cccnc2)c(C)cn1. The Morgan fingerprint density at radius 3 is 2.66 bits per heavy atom. The number of nitrogens with one attached hydrogen (secondary N) is 2. The van der Waals surface area contributed by atoms with Crippen molar-refractivity contribution < 1.29 is 9.47 Å². The number of hydrogen-bond acceptors (Lipinski definition) is 7. The van der Waals surface area contributed by atoms with Gasteiger partial charge in [0.05, 0.1) is 37.9 Å². The molecule has 0 amide bonds. The van der Waals surface area contributed by atoms with Crippen LogP contribution in [0.1, 0.15) is 5.56 Å². The van der Waals surface area contributed by atoms with E-state index in [-0.39, 0.29) is 0 Å². The van der Waals surface area contributed by atoms with Crippen LogP contribution in [0.25, 0.3) is 0 Å². The number of anilines is 5. The topological polar surface area (TPSA) is 71.5 Å². The third-order valence-corrected chi connectivity index (χ3v) is 4.87. The first-order chi connectivity index (χ1) is 14.2. The molecule has 1 aliphatic heterocycles. The normalized spacial score (nSPS) is 13.8. The van der Waals surface area contributed by atoms with Gasteiger partial charge < -0.3 is 25.0 Å². The van der Waals surface area contributed by atoms with E-state index in [0.717, 1.165) is 66.2 Å². The molecular weight excluding hydrogens is 366 g/mol. The van der Waals surface area contributed by atoms with Crippen molar-refractivity contribution in [2.24, 2.45) is 0 Å². The zero-order valence-electron chi connectivity index (χ0n) is 16.7. The molecule has 0 radical (unpaired) electrons. The Bertz CT molecular complexity index is 959. The molecule has 1 saturated heterocycles. The highest BCUT2D eigenvalue weighted by molar-refractivity contribution is 5.72. The standard InChI is InChI=1S/C22H25N5O2/c1-16-14-24-22(13-20(16)25-17-4-3-7-23-15-17)26-19-6-5-18(12-21(19)28-2)27-8-10-29-11-9-27/h3-7,12-15H,8-11H2,1-2H3,(H2,24,25,26). The molecule has 3 aromatic rings. The van der Waals surface area contributed by atoms with E-state index in [1.54, 1.807) is 19.5 Å². The van der Waals surface area contributed by atoms with Gasteiger partial charge in [-0.2, -0.15) is 0 Å². The van der Waals surface area contributed by atoms with Crippen molar-refractivity contribution >= 4 is 28.6 Å². The molecule has 4 rings (SSSR count). The average molecular weight is 391 g/mol. The van der Waals surface area contributed by atoms with Gasteiger partial charge in [0.1, 0.15) is 11.6 Å². The highest BCUT2D eigenvalue weighted by atomic mass is 16.5. The second-order valence-corrected chi connectivity index (χ2v) is 6.86. The van der Waals surface area contributed by atoms with Gasteiger partial charge in [-0.25, -0.2) is 4.98 Å². The summed E-state index contributed by atoms with van der Waals surface area (Å²) >= 11 is 0. The molecule has 3 heterocycles. The van der Waals surface area contributed by atoms with Crippen LogP contribution < -0.4 is 20.3 Å². The van der Waals surface area contributed by atoms with Crippen molar-refractivity contribution in [1.29, 1.82) is 0 Å². The summed E-state index contributed by atoms with van der Waals surface area (Å²) in [5, 5.41) is 6.76. The maximum Gasteiger partial charge on any atom is 0.144 e. The lowest BCUT2D eigenvalue weighted by Crippen LogP contribution is -2.36. The Hall–Kier alpha value is -3.32. The fourth-order valence-corrected chi connectivity index (χ4v) is 3.26. The van der Waals surface area contributed by atoms with Gasteiger partial charge in [0.2, 0.25) is 0 Å². The number of aryl methyl sites for hydroxylation is 1. The predicted octanol–water partition coefficient (Wildman–Crippen LogP) is 4.12. The fraction of sp³-hybridized carbons (Fsp3) is 0.273. The number of nitrogens with zero attached hydrogens (tertiary/aromatic N) is 3. The Balaban J connectivity index is 1.54. The van der Waals surface area contributed by atoms with E-state index in [1.165, 1.54) is 0 Å². The quantitative estimate of drug-likeness (QED) is 0.655. The number of benzene rings is 1. The Morgan fingerprint density at radius 1 is 1.03 bits per heavy atom. The minimum atomic E-state index is 0.736. The molecule has 7 heteroatoms. The summed E-state index contributed by atoms with van der Waals surface area (Å²) < 4.78 is 11.1. The van der Waals surface area contributed by atoms with Gasteiger partial charge in [0, 0.05) is 49.0 Å². The van der Waals surface area contributed by atoms with Crippen molar-refractivity contribution in [2.75, 3.05) is 48.9 Å². The van der Waals surface area contributed by atoms with Crippen molar-refractivity contribution in [3.63, 3.8) is 0 Å². The van der Waals surface area contributed by atoms with E-state index in [0.29, 0.717) is 0 Å². The lowest BCUT2D eigenvalue weighted by atomic mass is 10.2. The van der Waals surface area contributed by atoms with E-state index in [2.05, 4.69) is 37.6 Å². The van der Waals surface area contributed by atoms with E-state index < -0.39 is 0 Å². The molecule has 0 aliphatic carbocycles. The van der Waals surface area contributed by atoms with Crippen LogP contribution in [0.4, 0.5) is 28.6 Å². The summed E-state index contributed by atoms with van der Waals surface area (Å²) in [5.74, 6) is 1.51. The van der Waals surface area contributed by atoms with Gasteiger partial charge in [0.25, 0.3) is 0 Å². The molecule has 0 bridgehead atoms. The zero-order valence-corrected chi connectivity index (χ0v) is 16.7. The van der Waals surface area contributed by atoms with E-state index in [9.17, 15) is 0 Å². The van der Waals surface area contributed by atoms with Crippen LogP contribution in [0.2, 0.25) is 0 Å². The number of morpholine rings is 1. The van der Waals surface area contributed by atoms with Crippen molar-refractivity contribution in [2.45, 2.75) is 6.92 Å². The summed E-state index contributed by atoms with van der Waals surface area (Å²) in [6.07, 6.45) is 5.39. The maximum absolute atomic E-state index is 5.63. The molecule has 7 nitrogen and oxygen atoms in total. The lowest BCUT2D eigenvalue weighted by Gasteiger charge is -2.29. The molecule has 1 aliphatic rings. The van der Waals surface area contributed by atoms with Crippen LogP contribution in [-0.4, -0.2) is 43.4 Å². The van der Waals surface area contributed by atoms with Gasteiger partial charge in [-0.1, -0.05) is 0 Å². The lowest BCUT2D eigenvalue weighted by molar-refractivity contribution is 0.122. The van der Waals surface area contributed by atoms with Crippen LogP contribution in [0.15, 0.2) is 55.0 Å². The van der Waals surface area contributed by atoms with Gasteiger partial charge >= 0.3 is 0 Å². The first-order valence-corrected chi connectivity index (χ1v) is 9.64. The average Bonchev–Trinajstić information content (AvgIpc) is 2.77. The van der Waals surface area contributed by atoms with Crippen LogP contribution >= 0.6 is 0 Å². The summed E-state index contributed by atoms with van der Waals surface area (Å²) in [4.78, 5) is 11.0. The highest BCUT2D eigenvalue weighted by Gasteiger charge is 2.14. The van der Waals surface area contributed by atoms with Gasteiger partial charge in [-0.3, -0.25) is 4.98 Å². The number of methoxy groups -OCH3 is 1. The number of aromatic nitrogens is 2. The minimum absolute atomic E-state index is 0.736. The highest BCUT2D eigenvalue weighted by Crippen LogP contribution is 2.33. The second-order valence-electron chi connectivity index (χ2n) is 6.86. The van der Waals surface area contributed by atoms with Crippen LogP contribution in [0.3, 0.4) is 0 Å². The van der Waals surface area contributed by atoms with E-state index in [4.69, 9.17) is 9.47 Å². The predicted molar refractivity (Wildman–Crippen MR) is 116 cm³/mol. The van der Waals surface area contributed by atoms with Gasteiger partial charge in [-0.05, 0) is 36.8 Å². The smallest absolute Gasteiger partial charge is 0.144 e. The number of pyridine rings is 2. The fourth-order valence-electron chi connectivity index (χ4n) is 3.26. The maximum atomic E-state index is 5.63. The minimum Gasteiger partial charge on any atom is -0.494 e. The molecule has 29 heavy (non-hydrogen) atoms. The molecular formula is C22H25N5O2. The molecule has 0 saturated carbocycles. The molecule has 1 fully saturated rings. The molecule has 150 valence electrons. The third-order valence-electron chi connectivity index (χ3n) is 4.87. The van der Waals surface area contributed by atoms with Gasteiger partial charge in [-0.15, -0.1) is 0 Å². The molecule has 2 aromatic heterocycles. The first kappa shape index (κ1) is 19.0. The largest absolute Gasteiger partial charge is 0.494 e. The number of rotatable bonds is 6. The van der Waals surface area contributed by atoms with Gasteiger partial charge in [0.15, 0.2) is 0 Å². The van der Waals surface area contributed by atoms with Crippen LogP contribution in [-0.2, 0) is 4.74 Å². The monoisotopic (exact) mass is 391 g/mol. The molecule has 0 spiro atoms. The van der Waals surface area contributed by atoms with Crippen molar-refractivity contribution in [1.82, 2.24) is 9.97 Å². The van der Waals surface area contributed by atoms with Crippen LogP contribution in [0, 0.1) is 6.92 Å². The number of ether oxygens (including phenoxy) is 2. The Kier molecular flexibility index (Phi) is 5.76. The van der Waals surface area contributed by atoms with Crippen LogP contribution in [0.5, 0.6) is 5.75 Å². The third kappa shape index (κ3) is 4.57. The van der Waals surface area contributed by atoms with Crippen molar-refractivity contribution in [3.8, 4) is 5.75 Å². The summed E-state index contributed by atoms with van der Waals surface area (Å²) in [7, 11) is 1.68. The Labute approximate surface area is 170 Å². The first-order valence-electron chi connectivity index (χ1n) is 9.64. The molecule has 2 N–H and O–H groups in total. The number of hydrogen-bond donors (Lipinski definition) is 2. The zero-order chi connectivity index (χ0) is 20.1. The molecule has 0 unspecified atom stereocenters. The van der Waals surface area contributed by atoms with E-state index >= 15 is 0 Å². The van der Waals surface area contributed by atoms with Crippen molar-refractivity contribution in [3.05, 3.63) is 60.6 Å². The van der Waals surface area contributed by atoms with E-state index in [1.807, 2.05) is 37.4 Å². The summed E-state index contributed by atoms with van der Waals surface area (Å²) in [5.41, 5.74) is 4.95. The summed E-state index contributed by atoms with van der Waals surface area (Å²) in [6.45, 7) is 5.30. The molecule has 1 aromatic carbocycles. The summed E-state index contributed by atoms with van der Waals surface area (Å²) in [6, 6.07) is 12.0. The molecule has 0 atom stereocenters.